The van der Waals surface area contributed by atoms with E-state index in [4.69, 9.17) is 11.6 Å². The molecule has 7 heteroatoms. The molecule has 0 aromatic heterocycles. The Kier molecular flexibility index (Phi) is 5.56. The van der Waals surface area contributed by atoms with Crippen LogP contribution in [-0.4, -0.2) is 36.6 Å². The normalized spacial score (nSPS) is 14.2. The van der Waals surface area contributed by atoms with E-state index in [-0.39, 0.29) is 29.7 Å². The highest BCUT2D eigenvalue weighted by molar-refractivity contribution is 6.33. The Morgan fingerprint density at radius 1 is 1.26 bits per heavy atom. The van der Waals surface area contributed by atoms with E-state index in [2.05, 4.69) is 10.6 Å². The van der Waals surface area contributed by atoms with Gasteiger partial charge in [-0.05, 0) is 41.8 Å². The summed E-state index contributed by atoms with van der Waals surface area (Å²) in [5, 5.41) is 16.0. The molecule has 2 amide bonds. The number of phenolic OH excluding ortho intramolecular Hbond substituents is 1. The molecule has 1 aliphatic heterocycles. The van der Waals surface area contributed by atoms with Gasteiger partial charge in [0.05, 0.1) is 22.8 Å². The summed E-state index contributed by atoms with van der Waals surface area (Å²) in [5.41, 5.74) is 2.45. The van der Waals surface area contributed by atoms with Gasteiger partial charge in [0, 0.05) is 18.8 Å². The standard InChI is InChI=1S/C20H22ClN3O3/c1-12(2)13-3-6-18(25)15(9-13)20(27)23-14-4-5-17(16(21)10-14)24-8-7-22-19(26)11-24/h3-6,9-10,12,25H,7-8,11H2,1-2H3,(H,22,26)(H,23,27). The van der Waals surface area contributed by atoms with Gasteiger partial charge in [-0.3, -0.25) is 9.59 Å². The van der Waals surface area contributed by atoms with Crippen LogP contribution >= 0.6 is 11.6 Å². The van der Waals surface area contributed by atoms with Crippen LogP contribution in [0.2, 0.25) is 5.02 Å². The van der Waals surface area contributed by atoms with Gasteiger partial charge in [-0.15, -0.1) is 0 Å². The number of anilines is 2. The van der Waals surface area contributed by atoms with Crippen molar-refractivity contribution in [3.05, 3.63) is 52.5 Å². The second-order valence-corrected chi connectivity index (χ2v) is 7.23. The van der Waals surface area contributed by atoms with Crippen LogP contribution in [-0.2, 0) is 4.79 Å². The molecule has 0 radical (unpaired) electrons. The van der Waals surface area contributed by atoms with Crippen LogP contribution in [0.4, 0.5) is 11.4 Å². The van der Waals surface area contributed by atoms with E-state index >= 15 is 0 Å². The fourth-order valence-corrected chi connectivity index (χ4v) is 3.28. The number of nitrogens with one attached hydrogen (secondary N) is 2. The number of aromatic hydroxyl groups is 1. The summed E-state index contributed by atoms with van der Waals surface area (Å²) in [6.07, 6.45) is 0. The average molecular weight is 388 g/mol. The summed E-state index contributed by atoms with van der Waals surface area (Å²) in [6.45, 7) is 5.54. The lowest BCUT2D eigenvalue weighted by Crippen LogP contribution is -2.47. The van der Waals surface area contributed by atoms with Crippen molar-refractivity contribution in [3.63, 3.8) is 0 Å². The molecule has 1 saturated heterocycles. The molecule has 2 aromatic carbocycles. The molecule has 27 heavy (non-hydrogen) atoms. The molecule has 1 aliphatic rings. The number of hydrogen-bond acceptors (Lipinski definition) is 4. The van der Waals surface area contributed by atoms with Crippen molar-refractivity contribution in [2.24, 2.45) is 0 Å². The summed E-state index contributed by atoms with van der Waals surface area (Å²) in [4.78, 5) is 26.0. The number of phenols is 1. The molecule has 0 spiro atoms. The molecule has 1 heterocycles. The number of hydrogen-bond donors (Lipinski definition) is 3. The topological polar surface area (TPSA) is 81.7 Å². The summed E-state index contributed by atoms with van der Waals surface area (Å²) in [5.74, 6) is -0.280. The van der Waals surface area contributed by atoms with E-state index in [9.17, 15) is 14.7 Å². The highest BCUT2D eigenvalue weighted by Gasteiger charge is 2.19. The fourth-order valence-electron chi connectivity index (χ4n) is 2.98. The van der Waals surface area contributed by atoms with Gasteiger partial charge in [0.2, 0.25) is 5.91 Å². The molecule has 1 fully saturated rings. The molecule has 142 valence electrons. The third kappa shape index (κ3) is 4.34. The minimum Gasteiger partial charge on any atom is -0.507 e. The van der Waals surface area contributed by atoms with E-state index in [1.807, 2.05) is 18.7 Å². The number of carbonyl (C=O) groups is 2. The molecular formula is C20H22ClN3O3. The number of nitrogens with zero attached hydrogens (tertiary/aromatic N) is 1. The number of carbonyl (C=O) groups excluding carboxylic acids is 2. The molecule has 0 unspecified atom stereocenters. The third-order valence-electron chi connectivity index (χ3n) is 4.52. The number of halogens is 1. The van der Waals surface area contributed by atoms with Crippen molar-refractivity contribution in [2.75, 3.05) is 29.9 Å². The largest absolute Gasteiger partial charge is 0.507 e. The van der Waals surface area contributed by atoms with Gasteiger partial charge in [0.1, 0.15) is 5.75 Å². The van der Waals surface area contributed by atoms with Gasteiger partial charge in [-0.2, -0.15) is 0 Å². The second-order valence-electron chi connectivity index (χ2n) is 6.82. The number of benzene rings is 2. The molecule has 6 nitrogen and oxygen atoms in total. The monoisotopic (exact) mass is 387 g/mol. The van der Waals surface area contributed by atoms with Crippen LogP contribution in [0.15, 0.2) is 36.4 Å². The number of rotatable bonds is 4. The Morgan fingerprint density at radius 2 is 2.04 bits per heavy atom. The Hall–Kier alpha value is -2.73. The summed E-state index contributed by atoms with van der Waals surface area (Å²) in [6, 6.07) is 10.2. The SMILES string of the molecule is CC(C)c1ccc(O)c(C(=O)Nc2ccc(N3CCNC(=O)C3)c(Cl)c2)c1. The smallest absolute Gasteiger partial charge is 0.259 e. The zero-order valence-corrected chi connectivity index (χ0v) is 16.0. The lowest BCUT2D eigenvalue weighted by Gasteiger charge is -2.29. The Morgan fingerprint density at radius 3 is 2.70 bits per heavy atom. The first-order valence-corrected chi connectivity index (χ1v) is 9.18. The molecule has 2 aromatic rings. The van der Waals surface area contributed by atoms with Crippen molar-refractivity contribution >= 4 is 34.8 Å². The molecule has 3 rings (SSSR count). The van der Waals surface area contributed by atoms with Crippen LogP contribution in [0.5, 0.6) is 5.75 Å². The number of piperazine rings is 1. The van der Waals surface area contributed by atoms with Gasteiger partial charge >= 0.3 is 0 Å². The quantitative estimate of drug-likeness (QED) is 0.751. The van der Waals surface area contributed by atoms with Crippen LogP contribution in [0.25, 0.3) is 0 Å². The fraction of sp³-hybridized carbons (Fsp3) is 0.300. The predicted octanol–water partition coefficient (Wildman–Crippen LogP) is 3.36. The Labute approximate surface area is 163 Å². The summed E-state index contributed by atoms with van der Waals surface area (Å²) in [7, 11) is 0. The molecule has 3 N–H and O–H groups in total. The van der Waals surface area contributed by atoms with Crippen molar-refractivity contribution in [1.82, 2.24) is 5.32 Å². The number of amides is 2. The van der Waals surface area contributed by atoms with Gasteiger partial charge in [-0.25, -0.2) is 0 Å². The van der Waals surface area contributed by atoms with E-state index in [1.165, 1.54) is 6.07 Å². The van der Waals surface area contributed by atoms with Crippen LogP contribution in [0.1, 0.15) is 35.7 Å². The maximum absolute atomic E-state index is 12.6. The van der Waals surface area contributed by atoms with Crippen LogP contribution < -0.4 is 15.5 Å². The Balaban J connectivity index is 1.78. The molecule has 0 aliphatic carbocycles. The van der Waals surface area contributed by atoms with Crippen molar-refractivity contribution in [1.29, 1.82) is 0 Å². The van der Waals surface area contributed by atoms with Crippen LogP contribution in [0.3, 0.4) is 0 Å². The summed E-state index contributed by atoms with van der Waals surface area (Å²) >= 11 is 6.36. The van der Waals surface area contributed by atoms with Gasteiger partial charge in [0.15, 0.2) is 0 Å². The lowest BCUT2D eigenvalue weighted by molar-refractivity contribution is -0.120. The van der Waals surface area contributed by atoms with Gasteiger partial charge < -0.3 is 20.6 Å². The van der Waals surface area contributed by atoms with E-state index in [0.717, 1.165) is 11.3 Å². The molecular weight excluding hydrogens is 366 g/mol. The van der Waals surface area contributed by atoms with Crippen molar-refractivity contribution < 1.29 is 14.7 Å². The zero-order chi connectivity index (χ0) is 19.6. The van der Waals surface area contributed by atoms with E-state index in [1.54, 1.807) is 30.3 Å². The Bertz CT molecular complexity index is 883. The average Bonchev–Trinajstić information content (AvgIpc) is 2.62. The first-order valence-electron chi connectivity index (χ1n) is 8.80. The maximum atomic E-state index is 12.6. The summed E-state index contributed by atoms with van der Waals surface area (Å²) < 4.78 is 0. The first kappa shape index (κ1) is 19.0. The maximum Gasteiger partial charge on any atom is 0.259 e. The molecule has 0 atom stereocenters. The minimum absolute atomic E-state index is 0.0461. The zero-order valence-electron chi connectivity index (χ0n) is 15.3. The highest BCUT2D eigenvalue weighted by Crippen LogP contribution is 2.30. The minimum atomic E-state index is -0.406. The van der Waals surface area contributed by atoms with Crippen LogP contribution in [0, 0.1) is 0 Å². The highest BCUT2D eigenvalue weighted by atomic mass is 35.5. The van der Waals surface area contributed by atoms with Crippen molar-refractivity contribution in [3.8, 4) is 5.75 Å². The first-order chi connectivity index (χ1) is 12.8. The van der Waals surface area contributed by atoms with E-state index < -0.39 is 5.91 Å². The third-order valence-corrected chi connectivity index (χ3v) is 4.82. The predicted molar refractivity (Wildman–Crippen MR) is 107 cm³/mol. The second kappa shape index (κ2) is 7.88. The molecule has 0 saturated carbocycles. The molecule has 0 bridgehead atoms. The van der Waals surface area contributed by atoms with Gasteiger partial charge in [0.25, 0.3) is 5.91 Å². The van der Waals surface area contributed by atoms with Crippen molar-refractivity contribution in [2.45, 2.75) is 19.8 Å². The lowest BCUT2D eigenvalue weighted by atomic mass is 10.00. The van der Waals surface area contributed by atoms with Gasteiger partial charge in [-0.1, -0.05) is 31.5 Å². The van der Waals surface area contributed by atoms with E-state index in [0.29, 0.717) is 23.8 Å².